The quantitative estimate of drug-likeness (QED) is 0.823. The van der Waals surface area contributed by atoms with E-state index in [0.29, 0.717) is 0 Å². The van der Waals surface area contributed by atoms with Crippen LogP contribution < -0.4 is 10.6 Å². The van der Waals surface area contributed by atoms with Crippen molar-refractivity contribution in [3.05, 3.63) is 53.0 Å². The molecule has 0 aliphatic carbocycles. The molecule has 0 bridgehead atoms. The summed E-state index contributed by atoms with van der Waals surface area (Å²) in [7, 11) is 0. The van der Waals surface area contributed by atoms with Gasteiger partial charge in [0.2, 0.25) is 0 Å². The Balaban J connectivity index is 1.76. The number of benzene rings is 1. The molecule has 2 N–H and O–H groups in total. The summed E-state index contributed by atoms with van der Waals surface area (Å²) >= 11 is 3.50. The third-order valence-electron chi connectivity index (χ3n) is 3.22. The van der Waals surface area contributed by atoms with Crippen LogP contribution in [0.5, 0.6) is 0 Å². The van der Waals surface area contributed by atoms with E-state index in [1.165, 1.54) is 5.56 Å². The summed E-state index contributed by atoms with van der Waals surface area (Å²) in [4.78, 5) is 6.49. The van der Waals surface area contributed by atoms with Crippen LogP contribution in [0.3, 0.4) is 0 Å². The van der Waals surface area contributed by atoms with Gasteiger partial charge in [-0.25, -0.2) is 4.99 Å². The predicted octanol–water partition coefficient (Wildman–Crippen LogP) is 2.97. The van der Waals surface area contributed by atoms with E-state index in [1.54, 1.807) is 6.20 Å². The SMILES string of the molecule is CCc1ccc(NC2=NC=CN3C(Br)=CNC23)cc1. The molecule has 1 atom stereocenters. The highest BCUT2D eigenvalue weighted by Crippen LogP contribution is 2.24. The molecule has 4 nitrogen and oxygen atoms in total. The molecule has 19 heavy (non-hydrogen) atoms. The van der Waals surface area contributed by atoms with Crippen molar-refractivity contribution in [2.45, 2.75) is 19.5 Å². The van der Waals surface area contributed by atoms with Crippen molar-refractivity contribution in [1.82, 2.24) is 10.2 Å². The Kier molecular flexibility index (Phi) is 3.29. The van der Waals surface area contributed by atoms with Gasteiger partial charge in [0.25, 0.3) is 0 Å². The highest BCUT2D eigenvalue weighted by molar-refractivity contribution is 9.11. The maximum Gasteiger partial charge on any atom is 0.163 e. The number of rotatable bonds is 2. The summed E-state index contributed by atoms with van der Waals surface area (Å²) in [5.41, 5.74) is 2.39. The van der Waals surface area contributed by atoms with Gasteiger partial charge < -0.3 is 15.5 Å². The van der Waals surface area contributed by atoms with Crippen molar-refractivity contribution < 1.29 is 0 Å². The molecule has 0 saturated carbocycles. The number of aryl methyl sites for hydroxylation is 1. The fourth-order valence-electron chi connectivity index (χ4n) is 2.12. The molecule has 1 aromatic rings. The summed E-state index contributed by atoms with van der Waals surface area (Å²) in [5, 5.41) is 6.64. The van der Waals surface area contributed by atoms with Crippen molar-refractivity contribution in [2.24, 2.45) is 4.99 Å². The zero-order valence-electron chi connectivity index (χ0n) is 10.6. The molecule has 0 spiro atoms. The van der Waals surface area contributed by atoms with Crippen LogP contribution in [-0.4, -0.2) is 16.9 Å². The molecule has 0 aromatic heterocycles. The van der Waals surface area contributed by atoms with Crippen LogP contribution >= 0.6 is 15.9 Å². The molecule has 3 rings (SSSR count). The van der Waals surface area contributed by atoms with Crippen LogP contribution in [0.4, 0.5) is 5.69 Å². The molecule has 2 aliphatic rings. The minimum absolute atomic E-state index is 0.0326. The van der Waals surface area contributed by atoms with E-state index in [9.17, 15) is 0 Å². The third-order valence-corrected chi connectivity index (χ3v) is 3.86. The van der Waals surface area contributed by atoms with Gasteiger partial charge in [-0.05, 0) is 40.0 Å². The second-order valence-electron chi connectivity index (χ2n) is 4.43. The van der Waals surface area contributed by atoms with Crippen molar-refractivity contribution in [2.75, 3.05) is 5.32 Å². The Morgan fingerprint density at radius 3 is 2.89 bits per heavy atom. The summed E-state index contributed by atoms with van der Waals surface area (Å²) in [6.45, 7) is 2.15. The number of nitrogens with one attached hydrogen (secondary N) is 2. The smallest absolute Gasteiger partial charge is 0.163 e. The lowest BCUT2D eigenvalue weighted by Crippen LogP contribution is -2.45. The van der Waals surface area contributed by atoms with Crippen LogP contribution in [0.25, 0.3) is 0 Å². The minimum atomic E-state index is 0.0326. The fraction of sp³-hybridized carbons (Fsp3) is 0.214. The van der Waals surface area contributed by atoms with Gasteiger partial charge in [-0.2, -0.15) is 0 Å². The second kappa shape index (κ2) is 5.09. The number of hydrogen-bond acceptors (Lipinski definition) is 4. The average Bonchev–Trinajstić information content (AvgIpc) is 2.83. The maximum absolute atomic E-state index is 4.41. The van der Waals surface area contributed by atoms with Crippen LogP contribution in [0, 0.1) is 0 Å². The van der Waals surface area contributed by atoms with Gasteiger partial charge in [-0.3, -0.25) is 0 Å². The molecule has 1 unspecified atom stereocenters. The van der Waals surface area contributed by atoms with Gasteiger partial charge in [0.05, 0.1) is 0 Å². The van der Waals surface area contributed by atoms with Gasteiger partial charge in [0.15, 0.2) is 6.17 Å². The lowest BCUT2D eigenvalue weighted by atomic mass is 10.1. The molecule has 0 fully saturated rings. The van der Waals surface area contributed by atoms with Crippen molar-refractivity contribution in [3.63, 3.8) is 0 Å². The molecule has 2 heterocycles. The van der Waals surface area contributed by atoms with Crippen molar-refractivity contribution in [1.29, 1.82) is 0 Å². The molecule has 5 heteroatoms. The predicted molar refractivity (Wildman–Crippen MR) is 81.8 cm³/mol. The average molecular weight is 319 g/mol. The first kappa shape index (κ1) is 12.3. The number of halogens is 1. The van der Waals surface area contributed by atoms with E-state index >= 15 is 0 Å². The lowest BCUT2D eigenvalue weighted by Gasteiger charge is -2.28. The Morgan fingerprint density at radius 1 is 1.37 bits per heavy atom. The normalized spacial score (nSPS) is 20.5. The maximum atomic E-state index is 4.41. The van der Waals surface area contributed by atoms with Crippen LogP contribution in [0.2, 0.25) is 0 Å². The first-order valence-corrected chi connectivity index (χ1v) is 7.07. The van der Waals surface area contributed by atoms with Crippen molar-refractivity contribution >= 4 is 27.5 Å². The number of anilines is 1. The molecule has 0 saturated heterocycles. The highest BCUT2D eigenvalue weighted by Gasteiger charge is 2.29. The highest BCUT2D eigenvalue weighted by atomic mass is 79.9. The minimum Gasteiger partial charge on any atom is -0.363 e. The molecular formula is C14H15BrN4. The first-order chi connectivity index (χ1) is 9.28. The number of fused-ring (bicyclic) bond motifs is 1. The molecule has 1 aromatic carbocycles. The van der Waals surface area contributed by atoms with E-state index in [-0.39, 0.29) is 6.17 Å². The van der Waals surface area contributed by atoms with E-state index in [1.807, 2.05) is 12.4 Å². The summed E-state index contributed by atoms with van der Waals surface area (Å²) < 4.78 is 1.00. The summed E-state index contributed by atoms with van der Waals surface area (Å²) in [6.07, 6.45) is 6.75. The summed E-state index contributed by atoms with van der Waals surface area (Å²) in [6, 6.07) is 8.44. The molecule has 98 valence electrons. The van der Waals surface area contributed by atoms with E-state index in [2.05, 4.69) is 67.6 Å². The lowest BCUT2D eigenvalue weighted by molar-refractivity contribution is 0.441. The van der Waals surface area contributed by atoms with Gasteiger partial charge >= 0.3 is 0 Å². The topological polar surface area (TPSA) is 39.7 Å². The zero-order chi connectivity index (χ0) is 13.2. The van der Waals surface area contributed by atoms with Crippen LogP contribution in [-0.2, 0) is 6.42 Å². The van der Waals surface area contributed by atoms with Gasteiger partial charge in [-0.15, -0.1) is 0 Å². The zero-order valence-corrected chi connectivity index (χ0v) is 12.2. The second-order valence-corrected chi connectivity index (χ2v) is 5.24. The number of aliphatic imine (C=N–C) groups is 1. The monoisotopic (exact) mass is 318 g/mol. The Morgan fingerprint density at radius 2 is 2.16 bits per heavy atom. The molecular weight excluding hydrogens is 304 g/mol. The van der Waals surface area contributed by atoms with E-state index < -0.39 is 0 Å². The fourth-order valence-corrected chi connectivity index (χ4v) is 2.58. The van der Waals surface area contributed by atoms with Gasteiger partial charge in [-0.1, -0.05) is 19.1 Å². The largest absolute Gasteiger partial charge is 0.363 e. The third kappa shape index (κ3) is 2.38. The summed E-state index contributed by atoms with van der Waals surface area (Å²) in [5.74, 6) is 0.887. The van der Waals surface area contributed by atoms with Gasteiger partial charge in [0.1, 0.15) is 10.4 Å². The molecule has 0 radical (unpaired) electrons. The van der Waals surface area contributed by atoms with Crippen molar-refractivity contribution in [3.8, 4) is 0 Å². The first-order valence-electron chi connectivity index (χ1n) is 6.28. The van der Waals surface area contributed by atoms with E-state index in [4.69, 9.17) is 0 Å². The van der Waals surface area contributed by atoms with Crippen LogP contribution in [0.15, 0.2) is 52.5 Å². The Hall–Kier alpha value is -1.75. The molecule has 2 aliphatic heterocycles. The standard InChI is InChI=1S/C14H15BrN4/c1-2-10-3-5-11(6-4-10)18-13-14-17-9-12(15)19(14)8-7-16-13/h3-9,14,17H,2H2,1H3,(H,16,18). The number of hydrogen-bond donors (Lipinski definition) is 2. The Labute approximate surface area is 121 Å². The van der Waals surface area contributed by atoms with Gasteiger partial charge in [0, 0.05) is 24.3 Å². The Bertz CT molecular complexity index is 559. The number of amidine groups is 1. The molecule has 0 amide bonds. The number of nitrogens with zero attached hydrogens (tertiary/aromatic N) is 2. The van der Waals surface area contributed by atoms with Crippen LogP contribution in [0.1, 0.15) is 12.5 Å². The van der Waals surface area contributed by atoms with E-state index in [0.717, 1.165) is 22.6 Å².